The van der Waals surface area contributed by atoms with Crippen molar-refractivity contribution < 1.29 is 0 Å². The fourth-order valence-corrected chi connectivity index (χ4v) is 3.26. The number of nitrogens with zero attached hydrogens (tertiary/aromatic N) is 1. The van der Waals surface area contributed by atoms with Crippen LogP contribution in [0.3, 0.4) is 0 Å². The second kappa shape index (κ2) is 4.42. The van der Waals surface area contributed by atoms with E-state index >= 15 is 0 Å². The predicted molar refractivity (Wildman–Crippen MR) is 65.1 cm³/mol. The number of likely N-dealkylation sites (N-methyl/N-ethyl adjacent to an activating group) is 1. The molecule has 2 fully saturated rings. The summed E-state index contributed by atoms with van der Waals surface area (Å²) in [4.78, 5) is 2.74. The number of likely N-dealkylation sites (tertiary alicyclic amines) is 1. The summed E-state index contributed by atoms with van der Waals surface area (Å²) in [5.41, 5.74) is 0.476. The van der Waals surface area contributed by atoms with Crippen molar-refractivity contribution in [2.24, 2.45) is 5.41 Å². The van der Waals surface area contributed by atoms with Crippen LogP contribution in [0.2, 0.25) is 0 Å². The lowest BCUT2D eigenvalue weighted by Gasteiger charge is -2.46. The smallest absolute Gasteiger partial charge is 0.0243 e. The highest BCUT2D eigenvalue weighted by molar-refractivity contribution is 4.93. The normalized spacial score (nSPS) is 33.4. The van der Waals surface area contributed by atoms with Crippen molar-refractivity contribution in [1.82, 2.24) is 10.2 Å². The fraction of sp³-hybridized carbons (Fsp3) is 1.00. The fourth-order valence-electron chi connectivity index (χ4n) is 3.26. The summed E-state index contributed by atoms with van der Waals surface area (Å²) in [6.45, 7) is 7.38. The van der Waals surface area contributed by atoms with Gasteiger partial charge in [0, 0.05) is 18.6 Å². The Labute approximate surface area is 94.4 Å². The number of nitrogens with one attached hydrogen (secondary N) is 1. The Hall–Kier alpha value is -0.0800. The van der Waals surface area contributed by atoms with Gasteiger partial charge in [-0.1, -0.05) is 26.7 Å². The number of hydrogen-bond acceptors (Lipinski definition) is 2. The average Bonchev–Trinajstić information content (AvgIpc) is 2.70. The molecule has 0 aromatic carbocycles. The molecule has 0 aromatic heterocycles. The highest BCUT2D eigenvalue weighted by Gasteiger charge is 2.37. The molecule has 2 rings (SSSR count). The maximum Gasteiger partial charge on any atom is 0.0243 e. The van der Waals surface area contributed by atoms with Gasteiger partial charge >= 0.3 is 0 Å². The number of piperidine rings is 1. The topological polar surface area (TPSA) is 15.3 Å². The maximum atomic E-state index is 3.51. The molecule has 2 heteroatoms. The van der Waals surface area contributed by atoms with Crippen LogP contribution in [0.15, 0.2) is 0 Å². The van der Waals surface area contributed by atoms with Gasteiger partial charge in [0.15, 0.2) is 0 Å². The zero-order valence-corrected chi connectivity index (χ0v) is 10.6. The molecule has 0 spiro atoms. The van der Waals surface area contributed by atoms with Crippen molar-refractivity contribution in [1.29, 1.82) is 0 Å². The van der Waals surface area contributed by atoms with Crippen molar-refractivity contribution in [2.45, 2.75) is 58.0 Å². The van der Waals surface area contributed by atoms with Gasteiger partial charge in [0.05, 0.1) is 0 Å². The van der Waals surface area contributed by atoms with Gasteiger partial charge in [0.25, 0.3) is 0 Å². The molecule has 2 nitrogen and oxygen atoms in total. The van der Waals surface area contributed by atoms with Gasteiger partial charge in [-0.3, -0.25) is 4.90 Å². The van der Waals surface area contributed by atoms with E-state index in [1.807, 2.05) is 0 Å². The van der Waals surface area contributed by atoms with Crippen molar-refractivity contribution in [3.05, 3.63) is 0 Å². The molecule has 1 atom stereocenters. The molecule has 1 aliphatic carbocycles. The van der Waals surface area contributed by atoms with Crippen LogP contribution in [0.25, 0.3) is 0 Å². The van der Waals surface area contributed by atoms with Crippen LogP contribution in [-0.4, -0.2) is 37.1 Å². The first-order valence-corrected chi connectivity index (χ1v) is 6.55. The molecule has 88 valence electrons. The molecule has 2 aliphatic rings. The number of hydrogen-bond donors (Lipinski definition) is 1. The molecule has 0 bridgehead atoms. The van der Waals surface area contributed by atoms with Crippen LogP contribution in [0.1, 0.15) is 46.0 Å². The summed E-state index contributed by atoms with van der Waals surface area (Å²) in [6.07, 6.45) is 7.13. The Morgan fingerprint density at radius 2 is 1.87 bits per heavy atom. The van der Waals surface area contributed by atoms with Crippen LogP contribution in [0.4, 0.5) is 0 Å². The number of rotatable bonds is 2. The molecule has 1 saturated heterocycles. The summed E-state index contributed by atoms with van der Waals surface area (Å²) in [6, 6.07) is 1.57. The van der Waals surface area contributed by atoms with E-state index in [9.17, 15) is 0 Å². The van der Waals surface area contributed by atoms with Crippen LogP contribution < -0.4 is 5.32 Å². The van der Waals surface area contributed by atoms with E-state index in [0.717, 1.165) is 6.04 Å². The third-order valence-corrected chi connectivity index (χ3v) is 4.59. The van der Waals surface area contributed by atoms with Crippen LogP contribution in [-0.2, 0) is 0 Å². The third-order valence-electron chi connectivity index (χ3n) is 4.59. The first-order valence-electron chi connectivity index (χ1n) is 6.55. The molecule has 0 amide bonds. The van der Waals surface area contributed by atoms with E-state index in [1.165, 1.54) is 45.2 Å². The molecule has 1 N–H and O–H groups in total. The quantitative estimate of drug-likeness (QED) is 0.752. The summed E-state index contributed by atoms with van der Waals surface area (Å²) >= 11 is 0. The zero-order chi connectivity index (χ0) is 10.9. The van der Waals surface area contributed by atoms with Gasteiger partial charge in [0.2, 0.25) is 0 Å². The van der Waals surface area contributed by atoms with Gasteiger partial charge in [-0.15, -0.1) is 0 Å². The van der Waals surface area contributed by atoms with Crippen LogP contribution in [0, 0.1) is 5.41 Å². The summed E-state index contributed by atoms with van der Waals surface area (Å²) in [5.74, 6) is 0. The van der Waals surface area contributed by atoms with Crippen molar-refractivity contribution in [2.75, 3.05) is 20.1 Å². The Morgan fingerprint density at radius 3 is 2.47 bits per heavy atom. The van der Waals surface area contributed by atoms with Gasteiger partial charge in [0.1, 0.15) is 0 Å². The van der Waals surface area contributed by atoms with Crippen molar-refractivity contribution in [3.63, 3.8) is 0 Å². The molecular weight excluding hydrogens is 184 g/mol. The van der Waals surface area contributed by atoms with E-state index in [4.69, 9.17) is 0 Å². The second-order valence-electron chi connectivity index (χ2n) is 6.01. The van der Waals surface area contributed by atoms with E-state index in [1.54, 1.807) is 0 Å². The molecular formula is C13H26N2. The minimum Gasteiger partial charge on any atom is -0.315 e. The Balaban J connectivity index is 1.95. The first-order chi connectivity index (χ1) is 7.13. The Kier molecular flexibility index (Phi) is 3.36. The SMILES string of the molecule is CNC1CN(C2CCCC2)CCC1(C)C. The molecule has 0 aromatic rings. The summed E-state index contributed by atoms with van der Waals surface area (Å²) in [7, 11) is 2.12. The molecule has 1 heterocycles. The third kappa shape index (κ3) is 2.36. The average molecular weight is 210 g/mol. The maximum absolute atomic E-state index is 3.51. The predicted octanol–water partition coefficient (Wildman–Crippen LogP) is 2.25. The largest absolute Gasteiger partial charge is 0.315 e. The minimum absolute atomic E-state index is 0.476. The highest BCUT2D eigenvalue weighted by Crippen LogP contribution is 2.34. The standard InChI is InChI=1S/C13H26N2/c1-13(2)8-9-15(10-12(13)14-3)11-6-4-5-7-11/h11-12,14H,4-10H2,1-3H3. The summed E-state index contributed by atoms with van der Waals surface area (Å²) < 4.78 is 0. The van der Waals surface area contributed by atoms with Crippen LogP contribution >= 0.6 is 0 Å². The Bertz CT molecular complexity index is 207. The summed E-state index contributed by atoms with van der Waals surface area (Å²) in [5, 5.41) is 3.51. The zero-order valence-electron chi connectivity index (χ0n) is 10.6. The minimum atomic E-state index is 0.476. The first kappa shape index (κ1) is 11.4. The molecule has 1 saturated carbocycles. The van der Waals surface area contributed by atoms with E-state index in [-0.39, 0.29) is 0 Å². The van der Waals surface area contributed by atoms with Gasteiger partial charge in [-0.05, 0) is 38.3 Å². The Morgan fingerprint density at radius 1 is 1.20 bits per heavy atom. The highest BCUT2D eigenvalue weighted by atomic mass is 15.2. The van der Waals surface area contributed by atoms with Gasteiger partial charge in [-0.2, -0.15) is 0 Å². The lowest BCUT2D eigenvalue weighted by atomic mass is 9.77. The monoisotopic (exact) mass is 210 g/mol. The molecule has 0 radical (unpaired) electrons. The van der Waals surface area contributed by atoms with Gasteiger partial charge < -0.3 is 5.32 Å². The van der Waals surface area contributed by atoms with E-state index in [2.05, 4.69) is 31.1 Å². The molecule has 15 heavy (non-hydrogen) atoms. The van der Waals surface area contributed by atoms with Gasteiger partial charge in [-0.25, -0.2) is 0 Å². The van der Waals surface area contributed by atoms with Crippen molar-refractivity contribution in [3.8, 4) is 0 Å². The van der Waals surface area contributed by atoms with E-state index < -0.39 is 0 Å². The van der Waals surface area contributed by atoms with E-state index in [0.29, 0.717) is 11.5 Å². The van der Waals surface area contributed by atoms with Crippen LogP contribution in [0.5, 0.6) is 0 Å². The van der Waals surface area contributed by atoms with Crippen molar-refractivity contribution >= 4 is 0 Å². The lowest BCUT2D eigenvalue weighted by Crippen LogP contribution is -2.56. The molecule has 1 unspecified atom stereocenters. The second-order valence-corrected chi connectivity index (χ2v) is 6.01. The lowest BCUT2D eigenvalue weighted by molar-refractivity contribution is 0.0613. The molecule has 1 aliphatic heterocycles.